The van der Waals surface area contributed by atoms with Gasteiger partial charge in [-0.2, -0.15) is 0 Å². The zero-order valence-electron chi connectivity index (χ0n) is 10.3. The Kier molecular flexibility index (Phi) is 5.04. The van der Waals surface area contributed by atoms with Gasteiger partial charge in [0.15, 0.2) is 0 Å². The van der Waals surface area contributed by atoms with Crippen LogP contribution in [-0.4, -0.2) is 26.5 Å². The molecule has 0 aliphatic heterocycles. The van der Waals surface area contributed by atoms with Crippen LogP contribution in [0.4, 0.5) is 11.4 Å². The highest BCUT2D eigenvalue weighted by molar-refractivity contribution is 14.1. The molecule has 1 aromatic rings. The molecule has 0 aliphatic carbocycles. The molecule has 1 unspecified atom stereocenters. The van der Waals surface area contributed by atoms with Crippen molar-refractivity contribution in [3.63, 3.8) is 0 Å². The fraction of sp³-hybridized carbons (Fsp3) is 0.417. The number of nitrogens with zero attached hydrogens (tertiary/aromatic N) is 1. The smallest absolute Gasteiger partial charge is 0.224 e. The Morgan fingerprint density at radius 1 is 1.59 bits per heavy atom. The van der Waals surface area contributed by atoms with E-state index in [4.69, 9.17) is 5.73 Å². The topological polar surface area (TPSA) is 58.4 Å². The number of hydrogen-bond donors (Lipinski definition) is 2. The Bertz CT molecular complexity index is 409. The van der Waals surface area contributed by atoms with E-state index in [0.717, 1.165) is 14.9 Å². The number of hydrogen-bond acceptors (Lipinski definition) is 3. The predicted molar refractivity (Wildman–Crippen MR) is 80.1 cm³/mol. The summed E-state index contributed by atoms with van der Waals surface area (Å²) in [7, 11) is 3.59. The Morgan fingerprint density at radius 2 is 2.24 bits per heavy atom. The summed E-state index contributed by atoms with van der Waals surface area (Å²) in [5, 5.41) is 2.65. The first-order chi connectivity index (χ1) is 7.95. The summed E-state index contributed by atoms with van der Waals surface area (Å²) in [6, 6.07) is 5.91. The standard InChI is InChI=1S/C12H18IN3O/c1-8(12(17)15-2)7-16(3)11-5-4-9(13)6-10(11)14/h4-6,8H,7,14H2,1-3H3,(H,15,17). The minimum atomic E-state index is -0.0660. The number of benzene rings is 1. The fourth-order valence-corrected chi connectivity index (χ4v) is 2.23. The molecule has 0 fully saturated rings. The lowest BCUT2D eigenvalue weighted by Gasteiger charge is -2.24. The van der Waals surface area contributed by atoms with Crippen molar-refractivity contribution in [1.29, 1.82) is 0 Å². The molecule has 1 amide bonds. The van der Waals surface area contributed by atoms with Crippen LogP contribution >= 0.6 is 22.6 Å². The maximum atomic E-state index is 11.4. The van der Waals surface area contributed by atoms with Gasteiger partial charge in [0, 0.05) is 24.2 Å². The maximum Gasteiger partial charge on any atom is 0.224 e. The molecule has 0 radical (unpaired) electrons. The van der Waals surface area contributed by atoms with Gasteiger partial charge in [0.1, 0.15) is 0 Å². The Hall–Kier alpha value is -0.980. The molecule has 17 heavy (non-hydrogen) atoms. The van der Waals surface area contributed by atoms with Crippen molar-refractivity contribution in [2.75, 3.05) is 31.3 Å². The summed E-state index contributed by atoms with van der Waals surface area (Å²) in [4.78, 5) is 13.5. The van der Waals surface area contributed by atoms with E-state index in [0.29, 0.717) is 6.54 Å². The molecule has 1 aromatic carbocycles. The summed E-state index contributed by atoms with van der Waals surface area (Å²) in [6.45, 7) is 2.54. The molecule has 0 aliphatic rings. The van der Waals surface area contributed by atoms with Gasteiger partial charge in [-0.15, -0.1) is 0 Å². The van der Waals surface area contributed by atoms with E-state index in [2.05, 4.69) is 27.9 Å². The number of anilines is 2. The molecule has 0 saturated carbocycles. The van der Waals surface area contributed by atoms with Crippen LogP contribution in [0.25, 0.3) is 0 Å². The first kappa shape index (κ1) is 14.1. The third-order valence-electron chi connectivity index (χ3n) is 2.64. The lowest BCUT2D eigenvalue weighted by molar-refractivity contribution is -0.123. The van der Waals surface area contributed by atoms with Crippen molar-refractivity contribution in [2.24, 2.45) is 5.92 Å². The number of nitrogens with two attached hydrogens (primary N) is 1. The van der Waals surface area contributed by atoms with Gasteiger partial charge in [-0.1, -0.05) is 6.92 Å². The summed E-state index contributed by atoms with van der Waals surface area (Å²) in [6.07, 6.45) is 0. The number of nitrogens with one attached hydrogen (secondary N) is 1. The average molecular weight is 347 g/mol. The van der Waals surface area contributed by atoms with Gasteiger partial charge < -0.3 is 16.0 Å². The number of nitrogen functional groups attached to an aromatic ring is 1. The second kappa shape index (κ2) is 6.09. The predicted octanol–water partition coefficient (Wildman–Crippen LogP) is 1.69. The number of amides is 1. The van der Waals surface area contributed by atoms with E-state index in [1.807, 2.05) is 37.1 Å². The monoisotopic (exact) mass is 347 g/mol. The minimum Gasteiger partial charge on any atom is -0.397 e. The first-order valence-electron chi connectivity index (χ1n) is 5.43. The van der Waals surface area contributed by atoms with Gasteiger partial charge in [0.05, 0.1) is 17.3 Å². The van der Waals surface area contributed by atoms with Crippen LogP contribution < -0.4 is 16.0 Å². The van der Waals surface area contributed by atoms with E-state index in [-0.39, 0.29) is 11.8 Å². The van der Waals surface area contributed by atoms with Crippen LogP contribution in [0, 0.1) is 9.49 Å². The highest BCUT2D eigenvalue weighted by atomic mass is 127. The lowest BCUT2D eigenvalue weighted by atomic mass is 10.1. The van der Waals surface area contributed by atoms with Crippen LogP contribution in [0.5, 0.6) is 0 Å². The van der Waals surface area contributed by atoms with Gasteiger partial charge in [-0.3, -0.25) is 4.79 Å². The SMILES string of the molecule is CNC(=O)C(C)CN(C)c1ccc(I)cc1N. The van der Waals surface area contributed by atoms with Crippen molar-refractivity contribution in [3.8, 4) is 0 Å². The summed E-state index contributed by atoms with van der Waals surface area (Å²) >= 11 is 2.22. The van der Waals surface area contributed by atoms with Gasteiger partial charge >= 0.3 is 0 Å². The molecular weight excluding hydrogens is 329 g/mol. The Balaban J connectivity index is 2.76. The summed E-state index contributed by atoms with van der Waals surface area (Å²) in [5.74, 6) is -0.0235. The molecule has 0 heterocycles. The van der Waals surface area contributed by atoms with Gasteiger partial charge in [0.2, 0.25) is 5.91 Å². The lowest BCUT2D eigenvalue weighted by Crippen LogP contribution is -2.34. The zero-order valence-corrected chi connectivity index (χ0v) is 12.5. The second-order valence-electron chi connectivity index (χ2n) is 4.10. The molecule has 0 aromatic heterocycles. The summed E-state index contributed by atoms with van der Waals surface area (Å²) < 4.78 is 1.11. The van der Waals surface area contributed by atoms with Crippen molar-refractivity contribution < 1.29 is 4.79 Å². The number of rotatable bonds is 4. The third-order valence-corrected chi connectivity index (χ3v) is 3.31. The molecule has 1 atom stereocenters. The van der Waals surface area contributed by atoms with Crippen molar-refractivity contribution in [1.82, 2.24) is 5.32 Å². The largest absolute Gasteiger partial charge is 0.397 e. The highest BCUT2D eigenvalue weighted by Gasteiger charge is 2.15. The molecule has 1 rings (SSSR count). The van der Waals surface area contributed by atoms with Crippen molar-refractivity contribution in [3.05, 3.63) is 21.8 Å². The molecule has 94 valence electrons. The van der Waals surface area contributed by atoms with E-state index in [1.165, 1.54) is 0 Å². The van der Waals surface area contributed by atoms with Gasteiger partial charge in [-0.25, -0.2) is 0 Å². The molecule has 5 heteroatoms. The second-order valence-corrected chi connectivity index (χ2v) is 5.34. The molecular formula is C12H18IN3O. The number of carbonyl (C=O) groups is 1. The van der Waals surface area contributed by atoms with Crippen LogP contribution in [-0.2, 0) is 4.79 Å². The van der Waals surface area contributed by atoms with E-state index < -0.39 is 0 Å². The zero-order chi connectivity index (χ0) is 13.0. The number of carbonyl (C=O) groups excluding carboxylic acids is 1. The molecule has 4 nitrogen and oxygen atoms in total. The molecule has 0 bridgehead atoms. The first-order valence-corrected chi connectivity index (χ1v) is 6.51. The quantitative estimate of drug-likeness (QED) is 0.644. The van der Waals surface area contributed by atoms with E-state index >= 15 is 0 Å². The van der Waals surface area contributed by atoms with Gasteiger partial charge in [-0.05, 0) is 40.8 Å². The van der Waals surface area contributed by atoms with Crippen LogP contribution in [0.15, 0.2) is 18.2 Å². The van der Waals surface area contributed by atoms with E-state index in [9.17, 15) is 4.79 Å². The minimum absolute atomic E-state index is 0.0425. The summed E-state index contributed by atoms with van der Waals surface area (Å²) in [5.41, 5.74) is 7.66. The third kappa shape index (κ3) is 3.76. The van der Waals surface area contributed by atoms with Crippen molar-refractivity contribution >= 4 is 39.9 Å². The van der Waals surface area contributed by atoms with Crippen molar-refractivity contribution in [2.45, 2.75) is 6.92 Å². The fourth-order valence-electron chi connectivity index (χ4n) is 1.71. The number of halogens is 1. The molecule has 3 N–H and O–H groups in total. The average Bonchev–Trinajstić information content (AvgIpc) is 2.27. The van der Waals surface area contributed by atoms with Gasteiger partial charge in [0.25, 0.3) is 0 Å². The Labute approximate surface area is 116 Å². The molecule has 0 saturated heterocycles. The van der Waals surface area contributed by atoms with E-state index in [1.54, 1.807) is 7.05 Å². The Morgan fingerprint density at radius 3 is 2.76 bits per heavy atom. The molecule has 0 spiro atoms. The highest BCUT2D eigenvalue weighted by Crippen LogP contribution is 2.24. The van der Waals surface area contributed by atoms with Crippen LogP contribution in [0.3, 0.4) is 0 Å². The van der Waals surface area contributed by atoms with Crippen LogP contribution in [0.1, 0.15) is 6.92 Å². The van der Waals surface area contributed by atoms with Crippen LogP contribution in [0.2, 0.25) is 0 Å². The maximum absolute atomic E-state index is 11.4. The normalized spacial score (nSPS) is 12.0.